The molecule has 2 aromatic carbocycles. The van der Waals surface area contributed by atoms with E-state index in [0.717, 1.165) is 0 Å². The van der Waals surface area contributed by atoms with Crippen molar-refractivity contribution in [1.29, 1.82) is 0 Å². The van der Waals surface area contributed by atoms with Crippen LogP contribution in [-0.2, 0) is 10.0 Å². The first-order chi connectivity index (χ1) is 12.4. The molecule has 0 aliphatic heterocycles. The van der Waals surface area contributed by atoms with Crippen molar-refractivity contribution in [3.63, 3.8) is 0 Å². The molecular formula is C17H17N3O5S. The van der Waals surface area contributed by atoms with Gasteiger partial charge in [0.25, 0.3) is 10.0 Å². The molecule has 0 fully saturated rings. The smallest absolute Gasteiger partial charge is 0.262 e. The van der Waals surface area contributed by atoms with E-state index in [-0.39, 0.29) is 4.90 Å². The van der Waals surface area contributed by atoms with Crippen LogP contribution in [0.1, 0.15) is 5.89 Å². The molecule has 0 saturated heterocycles. The van der Waals surface area contributed by atoms with Gasteiger partial charge in [-0.3, -0.25) is 4.72 Å². The van der Waals surface area contributed by atoms with Gasteiger partial charge in [-0.25, -0.2) is 8.42 Å². The summed E-state index contributed by atoms with van der Waals surface area (Å²) >= 11 is 0. The molecule has 3 rings (SSSR count). The summed E-state index contributed by atoms with van der Waals surface area (Å²) in [6, 6.07) is 11.1. The Kier molecular flexibility index (Phi) is 4.81. The minimum Gasteiger partial charge on any atom is -0.497 e. The summed E-state index contributed by atoms with van der Waals surface area (Å²) in [5.41, 5.74) is 0.834. The van der Waals surface area contributed by atoms with Crippen LogP contribution >= 0.6 is 0 Å². The first kappa shape index (κ1) is 17.7. The van der Waals surface area contributed by atoms with Crippen LogP contribution in [0.3, 0.4) is 0 Å². The van der Waals surface area contributed by atoms with E-state index in [1.54, 1.807) is 37.3 Å². The predicted octanol–water partition coefficient (Wildman–Crippen LogP) is 2.86. The molecule has 0 aliphatic carbocycles. The van der Waals surface area contributed by atoms with Crippen molar-refractivity contribution in [2.75, 3.05) is 18.9 Å². The highest BCUT2D eigenvalue weighted by molar-refractivity contribution is 7.92. The molecule has 1 N–H and O–H groups in total. The number of hydrogen-bond donors (Lipinski definition) is 1. The van der Waals surface area contributed by atoms with Gasteiger partial charge in [0.2, 0.25) is 11.7 Å². The maximum Gasteiger partial charge on any atom is 0.262 e. The molecule has 0 unspecified atom stereocenters. The van der Waals surface area contributed by atoms with E-state index in [9.17, 15) is 8.42 Å². The lowest BCUT2D eigenvalue weighted by atomic mass is 10.2. The summed E-state index contributed by atoms with van der Waals surface area (Å²) in [5.74, 6) is 1.62. The average Bonchev–Trinajstić information content (AvgIpc) is 3.08. The molecule has 0 saturated carbocycles. The number of sulfonamides is 1. The molecule has 0 bridgehead atoms. The summed E-state index contributed by atoms with van der Waals surface area (Å²) < 4.78 is 43.3. The van der Waals surface area contributed by atoms with Crippen molar-refractivity contribution < 1.29 is 22.4 Å². The lowest BCUT2D eigenvalue weighted by molar-refractivity contribution is 0.394. The molecule has 26 heavy (non-hydrogen) atoms. The Balaban J connectivity index is 1.94. The molecule has 0 atom stereocenters. The van der Waals surface area contributed by atoms with Crippen LogP contribution < -0.4 is 14.2 Å². The monoisotopic (exact) mass is 375 g/mol. The lowest BCUT2D eigenvalue weighted by Crippen LogP contribution is -2.13. The van der Waals surface area contributed by atoms with Gasteiger partial charge in [-0.15, -0.1) is 0 Å². The Hall–Kier alpha value is -3.07. The lowest BCUT2D eigenvalue weighted by Gasteiger charge is -2.13. The quantitative estimate of drug-likeness (QED) is 0.706. The molecule has 3 aromatic rings. The fourth-order valence-electron chi connectivity index (χ4n) is 2.31. The number of aromatic nitrogens is 2. The Labute approximate surface area is 150 Å². The molecule has 136 valence electrons. The number of ether oxygens (including phenoxy) is 2. The zero-order valence-corrected chi connectivity index (χ0v) is 15.2. The van der Waals surface area contributed by atoms with Gasteiger partial charge in [0.15, 0.2) is 0 Å². The first-order valence-electron chi connectivity index (χ1n) is 7.58. The number of methoxy groups -OCH3 is 2. The molecule has 1 aromatic heterocycles. The third-order valence-corrected chi connectivity index (χ3v) is 4.95. The number of anilines is 1. The SMILES string of the molecule is COc1ccc(NS(=O)(=O)c2cccc(-c3noc(C)n3)c2)c(OC)c1. The fourth-order valence-corrected chi connectivity index (χ4v) is 3.42. The van der Waals surface area contributed by atoms with Crippen LogP contribution in [0.15, 0.2) is 51.9 Å². The fraction of sp³-hybridized carbons (Fsp3) is 0.176. The number of benzene rings is 2. The standard InChI is InChI=1S/C17H17N3O5S/c1-11-18-17(19-25-11)12-5-4-6-14(9-12)26(21,22)20-15-8-7-13(23-2)10-16(15)24-3/h4-10,20H,1-3H3. The van der Waals surface area contributed by atoms with E-state index in [0.29, 0.717) is 34.5 Å². The van der Waals surface area contributed by atoms with Gasteiger partial charge < -0.3 is 14.0 Å². The second-order valence-corrected chi connectivity index (χ2v) is 7.02. The highest BCUT2D eigenvalue weighted by atomic mass is 32.2. The molecule has 8 nitrogen and oxygen atoms in total. The van der Waals surface area contributed by atoms with Crippen molar-refractivity contribution in [3.8, 4) is 22.9 Å². The van der Waals surface area contributed by atoms with E-state index < -0.39 is 10.0 Å². The zero-order chi connectivity index (χ0) is 18.7. The van der Waals surface area contributed by atoms with Gasteiger partial charge in [-0.1, -0.05) is 17.3 Å². The van der Waals surface area contributed by atoms with Crippen LogP contribution in [0.25, 0.3) is 11.4 Å². The van der Waals surface area contributed by atoms with Crippen LogP contribution in [-0.4, -0.2) is 32.8 Å². The Morgan fingerprint density at radius 3 is 2.54 bits per heavy atom. The minimum absolute atomic E-state index is 0.0651. The third-order valence-electron chi connectivity index (χ3n) is 3.58. The van der Waals surface area contributed by atoms with Crippen molar-refractivity contribution in [1.82, 2.24) is 10.1 Å². The minimum atomic E-state index is -3.85. The van der Waals surface area contributed by atoms with Crippen LogP contribution in [0.2, 0.25) is 0 Å². The van der Waals surface area contributed by atoms with E-state index >= 15 is 0 Å². The first-order valence-corrected chi connectivity index (χ1v) is 9.07. The van der Waals surface area contributed by atoms with Crippen LogP contribution in [0, 0.1) is 6.92 Å². The largest absolute Gasteiger partial charge is 0.497 e. The number of nitrogens with zero attached hydrogens (tertiary/aromatic N) is 2. The van der Waals surface area contributed by atoms with Gasteiger partial charge in [0.05, 0.1) is 24.8 Å². The molecule has 0 amide bonds. The number of nitrogens with one attached hydrogen (secondary N) is 1. The van der Waals surface area contributed by atoms with Gasteiger partial charge in [0.1, 0.15) is 11.5 Å². The van der Waals surface area contributed by atoms with Crippen molar-refractivity contribution >= 4 is 15.7 Å². The molecular weight excluding hydrogens is 358 g/mol. The molecule has 9 heteroatoms. The van der Waals surface area contributed by atoms with Gasteiger partial charge in [0, 0.05) is 18.6 Å². The van der Waals surface area contributed by atoms with E-state index in [1.807, 2.05) is 0 Å². The summed E-state index contributed by atoms with van der Waals surface area (Å²) in [6.07, 6.45) is 0. The molecule has 0 spiro atoms. The Morgan fingerprint density at radius 2 is 1.88 bits per heavy atom. The normalized spacial score (nSPS) is 11.2. The predicted molar refractivity (Wildman–Crippen MR) is 94.8 cm³/mol. The van der Waals surface area contributed by atoms with E-state index in [1.165, 1.54) is 26.4 Å². The second-order valence-electron chi connectivity index (χ2n) is 5.34. The zero-order valence-electron chi connectivity index (χ0n) is 14.4. The highest BCUT2D eigenvalue weighted by Gasteiger charge is 2.18. The second kappa shape index (κ2) is 7.04. The van der Waals surface area contributed by atoms with Gasteiger partial charge in [-0.2, -0.15) is 4.98 Å². The average molecular weight is 375 g/mol. The summed E-state index contributed by atoms with van der Waals surface area (Å²) in [5, 5.41) is 3.80. The van der Waals surface area contributed by atoms with Crippen molar-refractivity contribution in [2.45, 2.75) is 11.8 Å². The van der Waals surface area contributed by atoms with Gasteiger partial charge >= 0.3 is 0 Å². The highest BCUT2D eigenvalue weighted by Crippen LogP contribution is 2.31. The Bertz CT molecular complexity index is 1030. The van der Waals surface area contributed by atoms with E-state index in [2.05, 4.69) is 14.9 Å². The maximum atomic E-state index is 12.8. The molecule has 1 heterocycles. The molecule has 0 aliphatic rings. The number of hydrogen-bond acceptors (Lipinski definition) is 7. The summed E-state index contributed by atoms with van der Waals surface area (Å²) in [4.78, 5) is 4.17. The number of aryl methyl sites for hydroxylation is 1. The van der Waals surface area contributed by atoms with Crippen molar-refractivity contribution in [2.24, 2.45) is 0 Å². The van der Waals surface area contributed by atoms with Crippen LogP contribution in [0.4, 0.5) is 5.69 Å². The summed E-state index contributed by atoms with van der Waals surface area (Å²) in [7, 11) is -0.878. The third kappa shape index (κ3) is 3.62. The maximum absolute atomic E-state index is 12.8. The summed E-state index contributed by atoms with van der Waals surface area (Å²) in [6.45, 7) is 1.66. The topological polar surface area (TPSA) is 104 Å². The number of rotatable bonds is 6. The van der Waals surface area contributed by atoms with Crippen LogP contribution in [0.5, 0.6) is 11.5 Å². The Morgan fingerprint density at radius 1 is 1.08 bits per heavy atom. The van der Waals surface area contributed by atoms with Crippen molar-refractivity contribution in [3.05, 3.63) is 48.4 Å². The molecule has 0 radical (unpaired) electrons. The van der Waals surface area contributed by atoms with Gasteiger partial charge in [-0.05, 0) is 24.3 Å². The van der Waals surface area contributed by atoms with E-state index in [4.69, 9.17) is 14.0 Å².